The van der Waals surface area contributed by atoms with Crippen LogP contribution in [-0.4, -0.2) is 54.5 Å². The lowest BCUT2D eigenvalue weighted by molar-refractivity contribution is 0.346. The van der Waals surface area contributed by atoms with Crippen molar-refractivity contribution in [2.24, 2.45) is 4.99 Å². The average Bonchev–Trinajstić information content (AvgIpc) is 3.19. The number of aliphatic imine (C=N–C) groups is 1. The van der Waals surface area contributed by atoms with Gasteiger partial charge in [-0.25, -0.2) is 0 Å². The lowest BCUT2D eigenvalue weighted by atomic mass is 9.99. The van der Waals surface area contributed by atoms with Crippen molar-refractivity contribution in [3.8, 4) is 11.5 Å². The summed E-state index contributed by atoms with van der Waals surface area (Å²) in [5.74, 6) is 2.51. The van der Waals surface area contributed by atoms with E-state index in [1.54, 1.807) is 20.4 Å². The summed E-state index contributed by atoms with van der Waals surface area (Å²) >= 11 is 0. The van der Waals surface area contributed by atoms with E-state index in [1.165, 1.54) is 11.1 Å². The molecule has 140 valence electrons. The number of nitrogens with zero attached hydrogens (tertiary/aromatic N) is 4. The van der Waals surface area contributed by atoms with Crippen molar-refractivity contribution in [2.45, 2.75) is 26.4 Å². The minimum absolute atomic E-state index is 0.694. The Kier molecular flexibility index (Phi) is 5.99. The van der Waals surface area contributed by atoms with Gasteiger partial charge in [-0.3, -0.25) is 9.67 Å². The van der Waals surface area contributed by atoms with Gasteiger partial charge in [0.05, 0.1) is 27.3 Å². The summed E-state index contributed by atoms with van der Waals surface area (Å²) in [7, 11) is 3.35. The molecule has 0 aliphatic carbocycles. The molecule has 0 fully saturated rings. The molecule has 7 nitrogen and oxygen atoms in total. The molecule has 2 aromatic rings. The highest BCUT2D eigenvalue weighted by Crippen LogP contribution is 2.33. The molecule has 1 N–H and O–H groups in total. The number of fused-ring (bicyclic) bond motifs is 1. The van der Waals surface area contributed by atoms with Crippen LogP contribution in [-0.2, 0) is 19.5 Å². The molecule has 0 radical (unpaired) electrons. The van der Waals surface area contributed by atoms with E-state index in [-0.39, 0.29) is 0 Å². The number of aromatic nitrogens is 2. The number of benzene rings is 1. The Balaban J connectivity index is 1.73. The zero-order valence-corrected chi connectivity index (χ0v) is 15.7. The first-order chi connectivity index (χ1) is 12.7. The van der Waals surface area contributed by atoms with Crippen molar-refractivity contribution in [2.75, 3.05) is 33.9 Å². The molecule has 0 atom stereocenters. The normalized spacial score (nSPS) is 14.1. The van der Waals surface area contributed by atoms with Gasteiger partial charge in [-0.05, 0) is 42.7 Å². The Labute approximate surface area is 154 Å². The summed E-state index contributed by atoms with van der Waals surface area (Å²) in [6, 6.07) is 6.10. The minimum Gasteiger partial charge on any atom is -0.493 e. The van der Waals surface area contributed by atoms with Crippen LogP contribution in [0.4, 0.5) is 0 Å². The van der Waals surface area contributed by atoms with Crippen LogP contribution < -0.4 is 14.8 Å². The molecule has 0 spiro atoms. The smallest absolute Gasteiger partial charge is 0.194 e. The predicted molar refractivity (Wildman–Crippen MR) is 102 cm³/mol. The molecule has 0 amide bonds. The van der Waals surface area contributed by atoms with Gasteiger partial charge in [0.1, 0.15) is 0 Å². The molecule has 3 rings (SSSR count). The van der Waals surface area contributed by atoms with Crippen LogP contribution in [0.2, 0.25) is 0 Å². The van der Waals surface area contributed by atoms with Crippen molar-refractivity contribution >= 4 is 5.96 Å². The Bertz CT molecular complexity index is 743. The molecule has 0 unspecified atom stereocenters. The van der Waals surface area contributed by atoms with Gasteiger partial charge in [0.2, 0.25) is 0 Å². The standard InChI is InChI=1S/C19H27N5O2/c1-4-20-19(21-8-11-24-9-5-7-22-24)23-10-6-15-12-17(25-2)18(26-3)13-16(15)14-23/h5,7,9,12-13H,4,6,8,10-11,14H2,1-3H3,(H,20,21). The summed E-state index contributed by atoms with van der Waals surface area (Å²) in [5.41, 5.74) is 2.57. The highest BCUT2D eigenvalue weighted by molar-refractivity contribution is 5.80. The molecule has 0 bridgehead atoms. The number of guanidine groups is 1. The second-order valence-corrected chi connectivity index (χ2v) is 6.15. The molecule has 7 heteroatoms. The van der Waals surface area contributed by atoms with Crippen LogP contribution in [0, 0.1) is 0 Å². The minimum atomic E-state index is 0.694. The number of hydrogen-bond acceptors (Lipinski definition) is 4. The van der Waals surface area contributed by atoms with E-state index in [1.807, 2.05) is 16.9 Å². The van der Waals surface area contributed by atoms with Gasteiger partial charge in [0.15, 0.2) is 17.5 Å². The number of rotatable bonds is 6. The van der Waals surface area contributed by atoms with Crippen molar-refractivity contribution in [1.82, 2.24) is 20.0 Å². The molecule has 1 aliphatic rings. The third kappa shape index (κ3) is 4.09. The zero-order chi connectivity index (χ0) is 18.4. The van der Waals surface area contributed by atoms with E-state index in [4.69, 9.17) is 14.5 Å². The van der Waals surface area contributed by atoms with E-state index < -0.39 is 0 Å². The summed E-state index contributed by atoms with van der Waals surface area (Å²) in [6.45, 7) is 6.14. The summed E-state index contributed by atoms with van der Waals surface area (Å²) in [4.78, 5) is 7.07. The van der Waals surface area contributed by atoms with Crippen LogP contribution >= 0.6 is 0 Å². The fourth-order valence-electron chi connectivity index (χ4n) is 3.18. The van der Waals surface area contributed by atoms with E-state index >= 15 is 0 Å². The maximum absolute atomic E-state index is 5.45. The molecule has 2 heterocycles. The van der Waals surface area contributed by atoms with Crippen LogP contribution in [0.25, 0.3) is 0 Å². The number of ether oxygens (including phenoxy) is 2. The Morgan fingerprint density at radius 2 is 2.00 bits per heavy atom. The molecule has 1 aliphatic heterocycles. The largest absolute Gasteiger partial charge is 0.493 e. The van der Waals surface area contributed by atoms with Crippen LogP contribution in [0.5, 0.6) is 11.5 Å². The van der Waals surface area contributed by atoms with Crippen LogP contribution in [0.1, 0.15) is 18.1 Å². The van der Waals surface area contributed by atoms with Gasteiger partial charge in [-0.15, -0.1) is 0 Å². The summed E-state index contributed by atoms with van der Waals surface area (Å²) < 4.78 is 12.8. The van der Waals surface area contributed by atoms with Gasteiger partial charge in [-0.2, -0.15) is 5.10 Å². The lowest BCUT2D eigenvalue weighted by Crippen LogP contribution is -2.44. The third-order valence-corrected chi connectivity index (χ3v) is 4.50. The quantitative estimate of drug-likeness (QED) is 0.632. The van der Waals surface area contributed by atoms with Crippen molar-refractivity contribution in [3.05, 3.63) is 41.7 Å². The number of nitrogens with one attached hydrogen (secondary N) is 1. The summed E-state index contributed by atoms with van der Waals surface area (Å²) in [5, 5.41) is 7.63. The van der Waals surface area contributed by atoms with Crippen LogP contribution in [0.3, 0.4) is 0 Å². The maximum atomic E-state index is 5.45. The Hall–Kier alpha value is -2.70. The van der Waals surface area contributed by atoms with E-state index in [9.17, 15) is 0 Å². The van der Waals surface area contributed by atoms with Crippen molar-refractivity contribution < 1.29 is 9.47 Å². The Morgan fingerprint density at radius 3 is 2.65 bits per heavy atom. The monoisotopic (exact) mass is 357 g/mol. The van der Waals surface area contributed by atoms with E-state index in [2.05, 4.69) is 34.4 Å². The number of methoxy groups -OCH3 is 2. The molecule has 1 aromatic heterocycles. The van der Waals surface area contributed by atoms with Crippen molar-refractivity contribution in [1.29, 1.82) is 0 Å². The Morgan fingerprint density at radius 1 is 1.23 bits per heavy atom. The second kappa shape index (κ2) is 8.60. The van der Waals surface area contributed by atoms with E-state index in [0.717, 1.165) is 50.1 Å². The summed E-state index contributed by atoms with van der Waals surface area (Å²) in [6.07, 6.45) is 4.71. The average molecular weight is 357 g/mol. The fraction of sp³-hybridized carbons (Fsp3) is 0.474. The molecule has 0 saturated heterocycles. The predicted octanol–water partition coefficient (Wildman–Crippen LogP) is 1.92. The molecular weight excluding hydrogens is 330 g/mol. The molecule has 26 heavy (non-hydrogen) atoms. The van der Waals surface area contributed by atoms with Gasteiger partial charge in [0, 0.05) is 32.0 Å². The van der Waals surface area contributed by atoms with Gasteiger partial charge < -0.3 is 19.7 Å². The molecule has 0 saturated carbocycles. The first-order valence-corrected chi connectivity index (χ1v) is 8.99. The molecular formula is C19H27N5O2. The first-order valence-electron chi connectivity index (χ1n) is 8.99. The number of hydrogen-bond donors (Lipinski definition) is 1. The van der Waals surface area contributed by atoms with E-state index in [0.29, 0.717) is 6.54 Å². The highest BCUT2D eigenvalue weighted by Gasteiger charge is 2.21. The molecule has 1 aromatic carbocycles. The third-order valence-electron chi connectivity index (χ3n) is 4.50. The van der Waals surface area contributed by atoms with Gasteiger partial charge in [0.25, 0.3) is 0 Å². The fourth-order valence-corrected chi connectivity index (χ4v) is 3.18. The van der Waals surface area contributed by atoms with Gasteiger partial charge in [-0.1, -0.05) is 0 Å². The lowest BCUT2D eigenvalue weighted by Gasteiger charge is -2.32. The highest BCUT2D eigenvalue weighted by atomic mass is 16.5. The van der Waals surface area contributed by atoms with Crippen LogP contribution in [0.15, 0.2) is 35.6 Å². The van der Waals surface area contributed by atoms with Gasteiger partial charge >= 0.3 is 0 Å². The second-order valence-electron chi connectivity index (χ2n) is 6.15. The maximum Gasteiger partial charge on any atom is 0.194 e. The first kappa shape index (κ1) is 18.1. The van der Waals surface area contributed by atoms with Crippen molar-refractivity contribution in [3.63, 3.8) is 0 Å². The SMILES string of the molecule is CCNC(=NCCn1cccn1)N1CCc2cc(OC)c(OC)cc2C1. The topological polar surface area (TPSA) is 63.9 Å². The zero-order valence-electron chi connectivity index (χ0n) is 15.7.